The van der Waals surface area contributed by atoms with Gasteiger partial charge in [0, 0.05) is 43.8 Å². The molecule has 0 aliphatic carbocycles. The lowest BCUT2D eigenvalue weighted by atomic mass is 10.2. The van der Waals surface area contributed by atoms with Gasteiger partial charge < -0.3 is 15.0 Å². The van der Waals surface area contributed by atoms with Crippen LogP contribution in [0.3, 0.4) is 0 Å². The first kappa shape index (κ1) is 22.2. The molecule has 0 spiro atoms. The van der Waals surface area contributed by atoms with E-state index in [9.17, 15) is 4.79 Å². The number of para-hydroxylation sites is 2. The molecule has 1 saturated heterocycles. The summed E-state index contributed by atoms with van der Waals surface area (Å²) in [6.45, 7) is 5.88. The van der Waals surface area contributed by atoms with Crippen LogP contribution >= 0.6 is 11.6 Å². The highest BCUT2D eigenvalue weighted by atomic mass is 35.5. The number of amides is 1. The molecule has 30 heavy (non-hydrogen) atoms. The van der Waals surface area contributed by atoms with Crippen LogP contribution in [0.2, 0.25) is 5.02 Å². The molecule has 1 heterocycles. The molecule has 160 valence electrons. The van der Waals surface area contributed by atoms with Crippen LogP contribution in [0.4, 0.5) is 5.69 Å². The summed E-state index contributed by atoms with van der Waals surface area (Å²) in [5.74, 6) is 0.877. The summed E-state index contributed by atoms with van der Waals surface area (Å²) in [5.41, 5.74) is 2.14. The highest BCUT2D eigenvalue weighted by Crippen LogP contribution is 2.28. The van der Waals surface area contributed by atoms with Crippen molar-refractivity contribution in [3.63, 3.8) is 0 Å². The first-order valence-electron chi connectivity index (χ1n) is 10.5. The minimum absolute atomic E-state index is 0.0598. The van der Waals surface area contributed by atoms with E-state index in [0.717, 1.165) is 56.9 Å². The molecule has 6 heteroatoms. The molecule has 0 aromatic heterocycles. The van der Waals surface area contributed by atoms with E-state index in [4.69, 9.17) is 16.3 Å². The van der Waals surface area contributed by atoms with Crippen molar-refractivity contribution in [1.82, 2.24) is 10.2 Å². The zero-order valence-electron chi connectivity index (χ0n) is 17.5. The molecule has 0 atom stereocenters. The number of ether oxygens (including phenoxy) is 1. The van der Waals surface area contributed by atoms with Crippen molar-refractivity contribution in [2.45, 2.75) is 12.8 Å². The molecule has 0 saturated carbocycles. The minimum Gasteiger partial charge on any atom is -0.495 e. The average molecular weight is 427 g/mol. The predicted molar refractivity (Wildman–Crippen MR) is 124 cm³/mol. The SMILES string of the molecule is [11CH3]Oc1ccccc1N1CCN(CCCCNC(=O)/C=C/c2ccc(Cl)cc2)CC1. The monoisotopic (exact) mass is 426 g/mol. The minimum atomic E-state index is -0.0598. The lowest BCUT2D eigenvalue weighted by molar-refractivity contribution is -0.116. The van der Waals surface area contributed by atoms with E-state index < -0.39 is 0 Å². The number of rotatable bonds is 9. The topological polar surface area (TPSA) is 44.8 Å². The fourth-order valence-electron chi connectivity index (χ4n) is 3.58. The summed E-state index contributed by atoms with van der Waals surface area (Å²) in [6.07, 6.45) is 5.43. The van der Waals surface area contributed by atoms with E-state index in [2.05, 4.69) is 27.2 Å². The van der Waals surface area contributed by atoms with E-state index in [1.807, 2.05) is 36.4 Å². The van der Waals surface area contributed by atoms with Crippen LogP contribution in [0.15, 0.2) is 54.6 Å². The molecular formula is C24H30ClN3O2. The third-order valence-electron chi connectivity index (χ3n) is 5.30. The second-order valence-corrected chi connectivity index (χ2v) is 7.82. The van der Waals surface area contributed by atoms with Crippen LogP contribution in [0.1, 0.15) is 18.4 Å². The van der Waals surface area contributed by atoms with Crippen molar-refractivity contribution in [1.29, 1.82) is 0 Å². The quantitative estimate of drug-likeness (QED) is 0.484. The summed E-state index contributed by atoms with van der Waals surface area (Å²) in [7, 11) is 1.72. The first-order valence-corrected chi connectivity index (χ1v) is 10.9. The van der Waals surface area contributed by atoms with Crippen molar-refractivity contribution in [2.75, 3.05) is 51.3 Å². The molecule has 1 N–H and O–H groups in total. The van der Waals surface area contributed by atoms with Crippen molar-refractivity contribution in [3.05, 3.63) is 65.2 Å². The molecular weight excluding hydrogens is 397 g/mol. The highest BCUT2D eigenvalue weighted by Gasteiger charge is 2.18. The van der Waals surface area contributed by atoms with Crippen LogP contribution in [0, 0.1) is 0 Å². The molecule has 1 aliphatic heterocycles. The van der Waals surface area contributed by atoms with Crippen LogP contribution in [0.25, 0.3) is 6.08 Å². The maximum Gasteiger partial charge on any atom is 0.243 e. The third kappa shape index (κ3) is 6.78. The number of anilines is 1. The van der Waals surface area contributed by atoms with Gasteiger partial charge in [-0.05, 0) is 55.3 Å². The van der Waals surface area contributed by atoms with Crippen LogP contribution < -0.4 is 15.0 Å². The Morgan fingerprint density at radius 3 is 2.53 bits per heavy atom. The van der Waals surface area contributed by atoms with Gasteiger partial charge in [0.25, 0.3) is 0 Å². The van der Waals surface area contributed by atoms with Gasteiger partial charge in [0.15, 0.2) is 0 Å². The van der Waals surface area contributed by atoms with Crippen molar-refractivity contribution < 1.29 is 9.53 Å². The fourth-order valence-corrected chi connectivity index (χ4v) is 3.71. The molecule has 2 aromatic carbocycles. The van der Waals surface area contributed by atoms with Crippen LogP contribution in [-0.2, 0) is 4.79 Å². The maximum atomic E-state index is 11.9. The number of nitrogens with zero attached hydrogens (tertiary/aromatic N) is 2. The number of carbonyl (C=O) groups excluding carboxylic acids is 1. The smallest absolute Gasteiger partial charge is 0.243 e. The van der Waals surface area contributed by atoms with Gasteiger partial charge in [-0.3, -0.25) is 9.69 Å². The number of unbranched alkanes of at least 4 members (excludes halogenated alkanes) is 1. The Bertz CT molecular complexity index is 831. The van der Waals surface area contributed by atoms with Gasteiger partial charge in [-0.25, -0.2) is 0 Å². The van der Waals surface area contributed by atoms with Gasteiger partial charge in [-0.1, -0.05) is 35.9 Å². The Morgan fingerprint density at radius 1 is 1.07 bits per heavy atom. The lowest BCUT2D eigenvalue weighted by Gasteiger charge is -2.36. The Morgan fingerprint density at radius 2 is 1.80 bits per heavy atom. The number of halogens is 1. The predicted octanol–water partition coefficient (Wildman–Crippen LogP) is 4.08. The zero-order valence-corrected chi connectivity index (χ0v) is 18.3. The van der Waals surface area contributed by atoms with E-state index in [1.165, 1.54) is 5.69 Å². The molecule has 2 aromatic rings. The molecule has 0 radical (unpaired) electrons. The fraction of sp³-hybridized carbons (Fsp3) is 0.375. The van der Waals surface area contributed by atoms with Gasteiger partial charge >= 0.3 is 0 Å². The largest absolute Gasteiger partial charge is 0.495 e. The number of carbonyl (C=O) groups is 1. The number of hydrogen-bond acceptors (Lipinski definition) is 4. The Labute approximate surface area is 184 Å². The van der Waals surface area contributed by atoms with Gasteiger partial charge in [0.2, 0.25) is 5.91 Å². The lowest BCUT2D eigenvalue weighted by Crippen LogP contribution is -2.46. The van der Waals surface area contributed by atoms with E-state index in [1.54, 1.807) is 19.3 Å². The van der Waals surface area contributed by atoms with Crippen molar-refractivity contribution in [3.8, 4) is 5.75 Å². The molecule has 0 unspecified atom stereocenters. The third-order valence-corrected chi connectivity index (χ3v) is 5.55. The molecule has 1 amide bonds. The summed E-state index contributed by atoms with van der Waals surface area (Å²) in [6, 6.07) is 15.6. The van der Waals surface area contributed by atoms with Crippen molar-refractivity contribution in [2.24, 2.45) is 0 Å². The van der Waals surface area contributed by atoms with Gasteiger partial charge in [0.1, 0.15) is 5.75 Å². The van der Waals surface area contributed by atoms with Gasteiger partial charge in [0.05, 0.1) is 12.8 Å². The Balaban J connectivity index is 1.29. The number of benzene rings is 2. The van der Waals surface area contributed by atoms with Crippen LogP contribution in [0.5, 0.6) is 5.75 Å². The second-order valence-electron chi connectivity index (χ2n) is 7.38. The van der Waals surface area contributed by atoms with E-state index >= 15 is 0 Å². The summed E-state index contributed by atoms with van der Waals surface area (Å²) in [5, 5.41) is 3.64. The normalized spacial score (nSPS) is 14.8. The number of nitrogens with one attached hydrogen (secondary N) is 1. The van der Waals surface area contributed by atoms with Crippen LogP contribution in [-0.4, -0.2) is 57.2 Å². The summed E-state index contributed by atoms with van der Waals surface area (Å²) >= 11 is 5.86. The Kier molecular flexibility index (Phi) is 8.60. The molecule has 3 rings (SSSR count). The highest BCUT2D eigenvalue weighted by molar-refractivity contribution is 6.30. The van der Waals surface area contributed by atoms with Gasteiger partial charge in [-0.2, -0.15) is 0 Å². The number of methoxy groups -OCH3 is 1. The number of hydrogen-bond donors (Lipinski definition) is 1. The van der Waals surface area contributed by atoms with E-state index in [0.29, 0.717) is 11.6 Å². The second kappa shape index (κ2) is 11.6. The van der Waals surface area contributed by atoms with Crippen molar-refractivity contribution >= 4 is 29.3 Å². The summed E-state index contributed by atoms with van der Waals surface area (Å²) in [4.78, 5) is 16.8. The van der Waals surface area contributed by atoms with E-state index in [-0.39, 0.29) is 5.91 Å². The Hall–Kier alpha value is -2.50. The first-order chi connectivity index (χ1) is 14.7. The number of piperazine rings is 1. The zero-order chi connectivity index (χ0) is 21.2. The molecule has 5 nitrogen and oxygen atoms in total. The summed E-state index contributed by atoms with van der Waals surface area (Å²) < 4.78 is 5.48. The molecule has 1 fully saturated rings. The maximum absolute atomic E-state index is 11.9. The van der Waals surface area contributed by atoms with Gasteiger partial charge in [-0.15, -0.1) is 0 Å². The average Bonchev–Trinajstić information content (AvgIpc) is 2.79. The molecule has 1 aliphatic rings. The standard InChI is InChI=1S/C24H30ClN3O2/c1-30-23-7-3-2-6-22(23)28-18-16-27(17-19-28)15-5-4-14-26-24(29)13-10-20-8-11-21(25)12-9-20/h2-3,6-13H,4-5,14-19H2,1H3,(H,26,29)/b13-10+/i1-1. The molecule has 0 bridgehead atoms.